The van der Waals surface area contributed by atoms with E-state index in [1.807, 2.05) is 6.92 Å². The van der Waals surface area contributed by atoms with Crippen LogP contribution < -0.4 is 0 Å². The first-order chi connectivity index (χ1) is 6.57. The summed E-state index contributed by atoms with van der Waals surface area (Å²) in [5.41, 5.74) is 2.05. The quantitative estimate of drug-likeness (QED) is 0.772. The lowest BCUT2D eigenvalue weighted by Crippen LogP contribution is -1.99. The van der Waals surface area contributed by atoms with E-state index in [1.54, 1.807) is 4.68 Å². The van der Waals surface area contributed by atoms with Crippen LogP contribution in [0, 0.1) is 18.3 Å². The molecular formula is C10H14ClN3. The van der Waals surface area contributed by atoms with Crippen LogP contribution >= 0.6 is 11.6 Å². The van der Waals surface area contributed by atoms with Crippen LogP contribution in [-0.4, -0.2) is 9.78 Å². The van der Waals surface area contributed by atoms with Crippen molar-refractivity contribution in [1.82, 2.24) is 9.78 Å². The molecule has 0 saturated carbocycles. The Morgan fingerprint density at radius 1 is 1.57 bits per heavy atom. The summed E-state index contributed by atoms with van der Waals surface area (Å²) in [7, 11) is 0. The average Bonchev–Trinajstić information content (AvgIpc) is 2.38. The SMILES string of the molecule is Cc1nn(CCC#N)c(Cl)c1C(C)C. The zero-order valence-electron chi connectivity index (χ0n) is 8.71. The van der Waals surface area contributed by atoms with Gasteiger partial charge in [-0.2, -0.15) is 10.4 Å². The van der Waals surface area contributed by atoms with Crippen molar-refractivity contribution in [3.8, 4) is 6.07 Å². The molecule has 0 atom stereocenters. The number of nitrogens with zero attached hydrogens (tertiary/aromatic N) is 3. The summed E-state index contributed by atoms with van der Waals surface area (Å²) in [6.45, 7) is 6.70. The average molecular weight is 212 g/mol. The number of nitriles is 1. The van der Waals surface area contributed by atoms with Crippen LogP contribution in [0.3, 0.4) is 0 Å². The fraction of sp³-hybridized carbons (Fsp3) is 0.600. The van der Waals surface area contributed by atoms with Crippen molar-refractivity contribution >= 4 is 11.6 Å². The van der Waals surface area contributed by atoms with Crippen molar-refractivity contribution in [1.29, 1.82) is 5.26 Å². The van der Waals surface area contributed by atoms with E-state index in [2.05, 4.69) is 25.0 Å². The molecule has 76 valence electrons. The van der Waals surface area contributed by atoms with E-state index in [9.17, 15) is 0 Å². The van der Waals surface area contributed by atoms with Gasteiger partial charge in [-0.25, -0.2) is 0 Å². The smallest absolute Gasteiger partial charge is 0.130 e. The molecule has 0 spiro atoms. The Morgan fingerprint density at radius 2 is 2.21 bits per heavy atom. The molecule has 0 unspecified atom stereocenters. The van der Waals surface area contributed by atoms with E-state index in [0.29, 0.717) is 24.0 Å². The second kappa shape index (κ2) is 4.47. The van der Waals surface area contributed by atoms with Gasteiger partial charge in [0, 0.05) is 5.56 Å². The summed E-state index contributed by atoms with van der Waals surface area (Å²) in [6.07, 6.45) is 0.443. The van der Waals surface area contributed by atoms with Crippen LogP contribution in [0.5, 0.6) is 0 Å². The number of rotatable bonds is 3. The highest BCUT2D eigenvalue weighted by Crippen LogP contribution is 2.27. The molecule has 0 aliphatic carbocycles. The third-order valence-corrected chi connectivity index (χ3v) is 2.52. The van der Waals surface area contributed by atoms with E-state index in [0.717, 1.165) is 11.3 Å². The highest BCUT2D eigenvalue weighted by molar-refractivity contribution is 6.30. The maximum absolute atomic E-state index is 8.47. The van der Waals surface area contributed by atoms with Crippen LogP contribution in [0.2, 0.25) is 5.15 Å². The fourth-order valence-corrected chi connectivity index (χ4v) is 2.00. The molecule has 3 nitrogen and oxygen atoms in total. The predicted octanol–water partition coefficient (Wildman–Crippen LogP) is 2.88. The van der Waals surface area contributed by atoms with Gasteiger partial charge in [-0.05, 0) is 12.8 Å². The van der Waals surface area contributed by atoms with Gasteiger partial charge in [-0.1, -0.05) is 25.4 Å². The zero-order chi connectivity index (χ0) is 10.7. The molecule has 0 aliphatic rings. The summed E-state index contributed by atoms with van der Waals surface area (Å²) in [5.74, 6) is 0.373. The molecule has 0 fully saturated rings. The van der Waals surface area contributed by atoms with Gasteiger partial charge in [0.1, 0.15) is 5.15 Å². The van der Waals surface area contributed by atoms with Crippen LogP contribution in [0.25, 0.3) is 0 Å². The molecule has 1 aromatic rings. The monoisotopic (exact) mass is 211 g/mol. The van der Waals surface area contributed by atoms with Gasteiger partial charge in [0.15, 0.2) is 0 Å². The van der Waals surface area contributed by atoms with Crippen LogP contribution in [-0.2, 0) is 6.54 Å². The summed E-state index contributed by atoms with van der Waals surface area (Å²) in [5, 5.41) is 13.4. The van der Waals surface area contributed by atoms with E-state index in [-0.39, 0.29) is 0 Å². The van der Waals surface area contributed by atoms with Gasteiger partial charge in [0.25, 0.3) is 0 Å². The van der Waals surface area contributed by atoms with Crippen molar-refractivity contribution in [3.05, 3.63) is 16.4 Å². The number of hydrogen-bond donors (Lipinski definition) is 0. The summed E-state index contributed by atoms with van der Waals surface area (Å²) in [6, 6.07) is 2.08. The molecule has 4 heteroatoms. The van der Waals surface area contributed by atoms with E-state index >= 15 is 0 Å². The second-order valence-corrected chi connectivity index (χ2v) is 3.93. The molecule has 0 N–H and O–H groups in total. The molecule has 0 radical (unpaired) electrons. The molecule has 14 heavy (non-hydrogen) atoms. The molecular weight excluding hydrogens is 198 g/mol. The zero-order valence-corrected chi connectivity index (χ0v) is 9.47. The lowest BCUT2D eigenvalue weighted by molar-refractivity contribution is 0.622. The van der Waals surface area contributed by atoms with Gasteiger partial charge in [0.05, 0.1) is 24.7 Å². The predicted molar refractivity (Wildman–Crippen MR) is 56.3 cm³/mol. The minimum Gasteiger partial charge on any atom is -0.252 e. The Labute approximate surface area is 89.3 Å². The van der Waals surface area contributed by atoms with Crippen molar-refractivity contribution < 1.29 is 0 Å². The van der Waals surface area contributed by atoms with Crippen molar-refractivity contribution in [2.24, 2.45) is 0 Å². The van der Waals surface area contributed by atoms with Crippen LogP contribution in [0.15, 0.2) is 0 Å². The van der Waals surface area contributed by atoms with Gasteiger partial charge in [0.2, 0.25) is 0 Å². The third-order valence-electron chi connectivity index (χ3n) is 2.12. The largest absolute Gasteiger partial charge is 0.252 e. The van der Waals surface area contributed by atoms with Crippen molar-refractivity contribution in [2.45, 2.75) is 39.7 Å². The Bertz CT molecular complexity index is 360. The van der Waals surface area contributed by atoms with Crippen LogP contribution in [0.4, 0.5) is 0 Å². The van der Waals surface area contributed by atoms with E-state index < -0.39 is 0 Å². The summed E-state index contributed by atoms with van der Waals surface area (Å²) in [4.78, 5) is 0. The topological polar surface area (TPSA) is 41.6 Å². The molecule has 0 aromatic carbocycles. The lowest BCUT2D eigenvalue weighted by Gasteiger charge is -2.03. The molecule has 1 aromatic heterocycles. The second-order valence-electron chi connectivity index (χ2n) is 3.58. The number of aromatic nitrogens is 2. The maximum atomic E-state index is 8.47. The summed E-state index contributed by atoms with van der Waals surface area (Å²) < 4.78 is 1.70. The first-order valence-electron chi connectivity index (χ1n) is 4.67. The van der Waals surface area contributed by atoms with Gasteiger partial charge in [-0.3, -0.25) is 4.68 Å². The molecule has 1 rings (SSSR count). The maximum Gasteiger partial charge on any atom is 0.130 e. The first kappa shape index (κ1) is 11.1. The number of hydrogen-bond acceptors (Lipinski definition) is 2. The lowest BCUT2D eigenvalue weighted by atomic mass is 10.1. The fourth-order valence-electron chi connectivity index (χ4n) is 1.53. The summed E-state index contributed by atoms with van der Waals surface area (Å²) >= 11 is 6.15. The van der Waals surface area contributed by atoms with Gasteiger partial charge < -0.3 is 0 Å². The van der Waals surface area contributed by atoms with E-state index in [1.165, 1.54) is 0 Å². The minimum atomic E-state index is 0.373. The van der Waals surface area contributed by atoms with Crippen molar-refractivity contribution in [2.75, 3.05) is 0 Å². The highest BCUT2D eigenvalue weighted by atomic mass is 35.5. The van der Waals surface area contributed by atoms with E-state index in [4.69, 9.17) is 16.9 Å². The third kappa shape index (κ3) is 2.08. The Morgan fingerprint density at radius 3 is 2.64 bits per heavy atom. The molecule has 1 heterocycles. The Kier molecular flexibility index (Phi) is 3.54. The molecule has 0 amide bonds. The molecule has 0 bridgehead atoms. The van der Waals surface area contributed by atoms with Crippen LogP contribution in [0.1, 0.15) is 37.4 Å². The highest BCUT2D eigenvalue weighted by Gasteiger charge is 2.15. The van der Waals surface area contributed by atoms with Crippen molar-refractivity contribution in [3.63, 3.8) is 0 Å². The number of aryl methyl sites for hydroxylation is 2. The normalized spacial score (nSPS) is 10.6. The van der Waals surface area contributed by atoms with Gasteiger partial charge >= 0.3 is 0 Å². The molecule has 0 saturated heterocycles. The van der Waals surface area contributed by atoms with Gasteiger partial charge in [-0.15, -0.1) is 0 Å². The minimum absolute atomic E-state index is 0.373. The Balaban J connectivity index is 2.99. The number of halogens is 1. The first-order valence-corrected chi connectivity index (χ1v) is 5.05. The molecule has 0 aliphatic heterocycles. The Hall–Kier alpha value is -1.01. The standard InChI is InChI=1S/C10H14ClN3/c1-7(2)9-8(3)13-14(10(9)11)6-4-5-12/h7H,4,6H2,1-3H3.